The summed E-state index contributed by atoms with van der Waals surface area (Å²) in [6.45, 7) is 5.75. The quantitative estimate of drug-likeness (QED) is 0.367. The molecule has 4 heteroatoms. The average molecular weight is 202 g/mol. The standard InChI is InChI=1S/C9H16O3.Al.3H/c1-4-7(5-2)8(10)9(11)12-6-3;;;;/h7H,4-6H2,1-3H3;;;;. The maximum absolute atomic E-state index is 11.2. The molecule has 0 rings (SSSR count). The smallest absolute Gasteiger partial charge is 0.374 e. The van der Waals surface area contributed by atoms with Crippen LogP contribution < -0.4 is 0 Å². The molecule has 0 atom stereocenters. The van der Waals surface area contributed by atoms with Gasteiger partial charge in [0.25, 0.3) is 0 Å². The van der Waals surface area contributed by atoms with E-state index in [1.54, 1.807) is 6.92 Å². The summed E-state index contributed by atoms with van der Waals surface area (Å²) in [4.78, 5) is 22.2. The van der Waals surface area contributed by atoms with Crippen molar-refractivity contribution in [3.8, 4) is 0 Å². The van der Waals surface area contributed by atoms with Crippen molar-refractivity contribution in [3.05, 3.63) is 0 Å². The molecule has 0 heterocycles. The van der Waals surface area contributed by atoms with Crippen LogP contribution in [0.4, 0.5) is 0 Å². The summed E-state index contributed by atoms with van der Waals surface area (Å²) in [5.41, 5.74) is 0. The second-order valence-corrected chi connectivity index (χ2v) is 2.60. The first-order valence-corrected chi connectivity index (χ1v) is 4.38. The Kier molecular flexibility index (Phi) is 9.65. The highest BCUT2D eigenvalue weighted by atomic mass is 27.0. The number of ether oxygens (including phenoxy) is 1. The van der Waals surface area contributed by atoms with E-state index in [2.05, 4.69) is 4.74 Å². The van der Waals surface area contributed by atoms with E-state index >= 15 is 0 Å². The molecule has 0 aliphatic carbocycles. The summed E-state index contributed by atoms with van der Waals surface area (Å²) in [6.07, 6.45) is 1.41. The van der Waals surface area contributed by atoms with Gasteiger partial charge in [0.15, 0.2) is 17.4 Å². The minimum atomic E-state index is -0.689. The molecule has 0 saturated carbocycles. The number of hydrogen-bond acceptors (Lipinski definition) is 3. The summed E-state index contributed by atoms with van der Waals surface area (Å²) in [5, 5.41) is 0. The predicted octanol–water partition coefficient (Wildman–Crippen LogP) is 0.371. The summed E-state index contributed by atoms with van der Waals surface area (Å²) in [5.74, 6) is -1.24. The average Bonchev–Trinajstić information content (AvgIpc) is 2.07. The summed E-state index contributed by atoms with van der Waals surface area (Å²) in [6, 6.07) is 0. The predicted molar refractivity (Wildman–Crippen MR) is 55.7 cm³/mol. The van der Waals surface area contributed by atoms with Crippen LogP contribution in [-0.4, -0.2) is 35.7 Å². The first-order chi connectivity index (χ1) is 5.67. The number of esters is 1. The van der Waals surface area contributed by atoms with Crippen LogP contribution in [0.25, 0.3) is 0 Å². The number of carbonyl (C=O) groups excluding carboxylic acids is 2. The Hall–Kier alpha value is -0.328. The van der Waals surface area contributed by atoms with Gasteiger partial charge in [0.05, 0.1) is 6.61 Å². The third-order valence-electron chi connectivity index (χ3n) is 1.83. The molecular weight excluding hydrogens is 183 g/mol. The molecule has 0 bridgehead atoms. The van der Waals surface area contributed by atoms with Crippen molar-refractivity contribution in [3.63, 3.8) is 0 Å². The second kappa shape index (κ2) is 8.28. The van der Waals surface area contributed by atoms with Crippen LogP contribution in [0, 0.1) is 5.92 Å². The van der Waals surface area contributed by atoms with Gasteiger partial charge in [-0.2, -0.15) is 0 Å². The highest BCUT2D eigenvalue weighted by Crippen LogP contribution is 2.09. The molecule has 13 heavy (non-hydrogen) atoms. The topological polar surface area (TPSA) is 43.4 Å². The molecule has 0 aliphatic rings. The van der Waals surface area contributed by atoms with Gasteiger partial charge in [0, 0.05) is 5.92 Å². The molecule has 76 valence electrons. The fourth-order valence-electron chi connectivity index (χ4n) is 1.03. The fourth-order valence-corrected chi connectivity index (χ4v) is 1.03. The lowest BCUT2D eigenvalue weighted by molar-refractivity contribution is -0.155. The van der Waals surface area contributed by atoms with E-state index in [1.165, 1.54) is 0 Å². The number of hydrogen-bond donors (Lipinski definition) is 0. The van der Waals surface area contributed by atoms with E-state index in [1.807, 2.05) is 13.8 Å². The zero-order valence-electron chi connectivity index (χ0n) is 7.92. The highest BCUT2D eigenvalue weighted by Gasteiger charge is 2.22. The zero-order chi connectivity index (χ0) is 9.56. The maximum Gasteiger partial charge on any atom is 0.374 e. The van der Waals surface area contributed by atoms with Crippen molar-refractivity contribution in [1.29, 1.82) is 0 Å². The largest absolute Gasteiger partial charge is 0.460 e. The number of carbonyl (C=O) groups is 2. The number of rotatable bonds is 5. The SMILES string of the molecule is CCOC(=O)C(=O)C(CC)CC.[AlH3]. The van der Waals surface area contributed by atoms with Crippen LogP contribution in [0.2, 0.25) is 0 Å². The number of ketones is 1. The molecule has 0 aromatic heterocycles. The van der Waals surface area contributed by atoms with Gasteiger partial charge in [-0.05, 0) is 19.8 Å². The third kappa shape index (κ3) is 5.07. The Bertz CT molecular complexity index is 164. The molecule has 0 radical (unpaired) electrons. The molecule has 0 N–H and O–H groups in total. The Morgan fingerprint density at radius 3 is 1.92 bits per heavy atom. The summed E-state index contributed by atoms with van der Waals surface area (Å²) in [7, 11) is 0. The van der Waals surface area contributed by atoms with Gasteiger partial charge < -0.3 is 4.74 Å². The van der Waals surface area contributed by atoms with E-state index in [4.69, 9.17) is 0 Å². The molecule has 0 amide bonds. The molecule has 3 nitrogen and oxygen atoms in total. The second-order valence-electron chi connectivity index (χ2n) is 2.60. The van der Waals surface area contributed by atoms with Crippen molar-refractivity contribution in [2.45, 2.75) is 33.6 Å². The van der Waals surface area contributed by atoms with Crippen molar-refractivity contribution in [2.75, 3.05) is 6.61 Å². The van der Waals surface area contributed by atoms with Crippen molar-refractivity contribution in [2.24, 2.45) is 5.92 Å². The lowest BCUT2D eigenvalue weighted by atomic mass is 9.98. The van der Waals surface area contributed by atoms with Gasteiger partial charge in [0.2, 0.25) is 5.78 Å². The van der Waals surface area contributed by atoms with Gasteiger partial charge in [-0.25, -0.2) is 4.79 Å². The van der Waals surface area contributed by atoms with Crippen LogP contribution in [-0.2, 0) is 14.3 Å². The Morgan fingerprint density at radius 2 is 1.62 bits per heavy atom. The van der Waals surface area contributed by atoms with Gasteiger partial charge in [0.1, 0.15) is 0 Å². The Morgan fingerprint density at radius 1 is 1.15 bits per heavy atom. The van der Waals surface area contributed by atoms with Gasteiger partial charge in [-0.1, -0.05) is 13.8 Å². The van der Waals surface area contributed by atoms with Crippen LogP contribution in [0.3, 0.4) is 0 Å². The minimum absolute atomic E-state index is 0. The summed E-state index contributed by atoms with van der Waals surface area (Å²) >= 11 is 0. The van der Waals surface area contributed by atoms with E-state index < -0.39 is 5.97 Å². The van der Waals surface area contributed by atoms with Crippen LogP contribution >= 0.6 is 0 Å². The first-order valence-electron chi connectivity index (χ1n) is 4.38. The molecule has 0 unspecified atom stereocenters. The normalized spacial score (nSPS) is 9.23. The fraction of sp³-hybridized carbons (Fsp3) is 0.778. The zero-order valence-corrected chi connectivity index (χ0v) is 7.92. The van der Waals surface area contributed by atoms with E-state index in [-0.39, 0.29) is 35.7 Å². The van der Waals surface area contributed by atoms with Crippen LogP contribution in [0.1, 0.15) is 33.6 Å². The molecule has 0 fully saturated rings. The lowest BCUT2D eigenvalue weighted by Gasteiger charge is -2.08. The first kappa shape index (κ1) is 15.2. The molecule has 0 spiro atoms. The van der Waals surface area contributed by atoms with Gasteiger partial charge in [-0.15, -0.1) is 0 Å². The third-order valence-corrected chi connectivity index (χ3v) is 1.83. The Balaban J connectivity index is 0. The van der Waals surface area contributed by atoms with E-state index in [0.29, 0.717) is 12.8 Å². The molecule has 0 saturated heterocycles. The minimum Gasteiger partial charge on any atom is -0.460 e. The maximum atomic E-state index is 11.2. The Labute approximate surface area is 90.0 Å². The number of Topliss-reactive ketones (excluding diaryl/α,β-unsaturated/α-hetero) is 1. The van der Waals surface area contributed by atoms with Crippen LogP contribution in [0.5, 0.6) is 0 Å². The van der Waals surface area contributed by atoms with Gasteiger partial charge in [-0.3, -0.25) is 4.79 Å². The molecule has 0 aliphatic heterocycles. The van der Waals surface area contributed by atoms with Crippen molar-refractivity contribution < 1.29 is 14.3 Å². The van der Waals surface area contributed by atoms with E-state index in [9.17, 15) is 9.59 Å². The van der Waals surface area contributed by atoms with Crippen molar-refractivity contribution >= 4 is 29.1 Å². The molecule has 0 aromatic rings. The van der Waals surface area contributed by atoms with E-state index in [0.717, 1.165) is 0 Å². The monoisotopic (exact) mass is 202 g/mol. The van der Waals surface area contributed by atoms with Crippen molar-refractivity contribution in [1.82, 2.24) is 0 Å². The molecular formula is C9H19AlO3. The van der Waals surface area contributed by atoms with Crippen LogP contribution in [0.15, 0.2) is 0 Å². The van der Waals surface area contributed by atoms with Gasteiger partial charge >= 0.3 is 5.97 Å². The molecule has 0 aromatic carbocycles. The highest BCUT2D eigenvalue weighted by molar-refractivity contribution is 6.34. The summed E-state index contributed by atoms with van der Waals surface area (Å²) < 4.78 is 4.60. The lowest BCUT2D eigenvalue weighted by Crippen LogP contribution is -2.25.